The fourth-order valence-electron chi connectivity index (χ4n) is 1.91. The fourth-order valence-corrected chi connectivity index (χ4v) is 2.65. The van der Waals surface area contributed by atoms with Crippen molar-refractivity contribution in [3.05, 3.63) is 46.2 Å². The normalized spacial score (nSPS) is 10.7. The summed E-state index contributed by atoms with van der Waals surface area (Å²) in [6, 6.07) is 6.04. The van der Waals surface area contributed by atoms with Crippen LogP contribution in [0.15, 0.2) is 35.2 Å². The second-order valence-corrected chi connectivity index (χ2v) is 5.79. The Bertz CT molecular complexity index is 706. The molecule has 102 valence electrons. The highest BCUT2D eigenvalue weighted by Gasteiger charge is 2.07. The maximum absolute atomic E-state index is 5.22. The summed E-state index contributed by atoms with van der Waals surface area (Å²) in [6.07, 6.45) is 3.24. The maximum atomic E-state index is 5.22. The van der Waals surface area contributed by atoms with Gasteiger partial charge in [0.1, 0.15) is 0 Å². The monoisotopic (exact) mass is 286 g/mol. The van der Waals surface area contributed by atoms with E-state index in [9.17, 15) is 0 Å². The molecule has 0 aliphatic carbocycles. The molecule has 5 nitrogen and oxygen atoms in total. The lowest BCUT2D eigenvalue weighted by molar-refractivity contribution is 0.568. The van der Waals surface area contributed by atoms with Crippen LogP contribution < -0.4 is 5.32 Å². The van der Waals surface area contributed by atoms with E-state index in [1.54, 1.807) is 11.3 Å². The zero-order valence-corrected chi connectivity index (χ0v) is 12.1. The van der Waals surface area contributed by atoms with Crippen molar-refractivity contribution in [2.75, 3.05) is 5.32 Å². The summed E-state index contributed by atoms with van der Waals surface area (Å²) in [4.78, 5) is 5.47. The van der Waals surface area contributed by atoms with Crippen molar-refractivity contribution < 1.29 is 4.42 Å². The number of nitrogens with one attached hydrogen (secondary N) is 1. The summed E-state index contributed by atoms with van der Waals surface area (Å²) in [6.45, 7) is 4.84. The van der Waals surface area contributed by atoms with Crippen molar-refractivity contribution in [1.82, 2.24) is 15.2 Å². The number of rotatable bonds is 4. The SMILES string of the molecule is Cc1ncc(CNc2cc(-c3nnco3)ccc2C)s1. The highest BCUT2D eigenvalue weighted by molar-refractivity contribution is 7.11. The van der Waals surface area contributed by atoms with Crippen LogP contribution in [0.1, 0.15) is 15.4 Å². The van der Waals surface area contributed by atoms with Crippen LogP contribution in [0.5, 0.6) is 0 Å². The molecule has 0 radical (unpaired) electrons. The third-order valence-corrected chi connectivity index (χ3v) is 3.88. The molecular weight excluding hydrogens is 272 g/mol. The van der Waals surface area contributed by atoms with Crippen LogP contribution >= 0.6 is 11.3 Å². The first-order chi connectivity index (χ1) is 9.72. The van der Waals surface area contributed by atoms with Gasteiger partial charge in [0.15, 0.2) is 0 Å². The Morgan fingerprint density at radius 2 is 2.20 bits per heavy atom. The number of thiazole rings is 1. The van der Waals surface area contributed by atoms with Crippen molar-refractivity contribution >= 4 is 17.0 Å². The smallest absolute Gasteiger partial charge is 0.247 e. The standard InChI is InChI=1S/C14H14N4OS/c1-9-3-4-11(14-18-17-8-19-14)5-13(9)16-7-12-6-15-10(2)20-12/h3-6,8,16H,7H2,1-2H3. The first-order valence-corrected chi connectivity index (χ1v) is 7.06. The largest absolute Gasteiger partial charge is 0.423 e. The summed E-state index contributed by atoms with van der Waals surface area (Å²) in [5.41, 5.74) is 3.15. The number of aromatic nitrogens is 3. The van der Waals surface area contributed by atoms with Gasteiger partial charge < -0.3 is 9.73 Å². The third kappa shape index (κ3) is 2.70. The van der Waals surface area contributed by atoms with Gasteiger partial charge in [-0.25, -0.2) is 4.98 Å². The van der Waals surface area contributed by atoms with E-state index in [0.717, 1.165) is 22.8 Å². The van der Waals surface area contributed by atoms with Gasteiger partial charge in [0.2, 0.25) is 12.3 Å². The number of hydrogen-bond acceptors (Lipinski definition) is 6. The molecule has 0 amide bonds. The average Bonchev–Trinajstić information content (AvgIpc) is 3.09. The second-order valence-electron chi connectivity index (χ2n) is 4.47. The molecule has 2 heterocycles. The molecule has 0 spiro atoms. The Hall–Kier alpha value is -2.21. The minimum absolute atomic E-state index is 0.529. The lowest BCUT2D eigenvalue weighted by atomic mass is 10.1. The van der Waals surface area contributed by atoms with Gasteiger partial charge in [0, 0.05) is 22.3 Å². The predicted molar refractivity (Wildman–Crippen MR) is 78.6 cm³/mol. The van der Waals surface area contributed by atoms with Crippen LogP contribution in [0.4, 0.5) is 5.69 Å². The van der Waals surface area contributed by atoms with Crippen LogP contribution in [-0.2, 0) is 6.54 Å². The predicted octanol–water partition coefficient (Wildman–Crippen LogP) is 3.42. The van der Waals surface area contributed by atoms with Gasteiger partial charge in [-0.15, -0.1) is 21.5 Å². The molecule has 0 unspecified atom stereocenters. The van der Waals surface area contributed by atoms with Crippen molar-refractivity contribution in [2.24, 2.45) is 0 Å². The van der Waals surface area contributed by atoms with Crippen LogP contribution in [0, 0.1) is 13.8 Å². The van der Waals surface area contributed by atoms with Gasteiger partial charge in [-0.2, -0.15) is 0 Å². The minimum atomic E-state index is 0.529. The van der Waals surface area contributed by atoms with Crippen LogP contribution in [0.2, 0.25) is 0 Å². The Morgan fingerprint density at radius 3 is 2.90 bits per heavy atom. The Balaban J connectivity index is 1.80. The lowest BCUT2D eigenvalue weighted by Crippen LogP contribution is -1.99. The molecule has 2 aromatic heterocycles. The van der Waals surface area contributed by atoms with E-state index in [4.69, 9.17) is 4.42 Å². The van der Waals surface area contributed by atoms with Gasteiger partial charge in [0.05, 0.1) is 11.6 Å². The minimum Gasteiger partial charge on any atom is -0.423 e. The first kappa shape index (κ1) is 12.8. The molecule has 1 N–H and O–H groups in total. The van der Waals surface area contributed by atoms with E-state index in [-0.39, 0.29) is 0 Å². The second kappa shape index (κ2) is 5.42. The molecule has 3 aromatic rings. The topological polar surface area (TPSA) is 63.8 Å². The molecule has 0 aliphatic heterocycles. The highest BCUT2D eigenvalue weighted by Crippen LogP contribution is 2.24. The van der Waals surface area contributed by atoms with E-state index < -0.39 is 0 Å². The quantitative estimate of drug-likeness (QED) is 0.796. The number of hydrogen-bond donors (Lipinski definition) is 1. The Morgan fingerprint density at radius 1 is 1.30 bits per heavy atom. The lowest BCUT2D eigenvalue weighted by Gasteiger charge is -2.09. The summed E-state index contributed by atoms with van der Waals surface area (Å²) >= 11 is 1.70. The molecule has 3 rings (SSSR count). The molecule has 20 heavy (non-hydrogen) atoms. The van der Waals surface area contributed by atoms with Gasteiger partial charge in [-0.05, 0) is 31.5 Å². The average molecular weight is 286 g/mol. The molecule has 0 bridgehead atoms. The number of nitrogens with zero attached hydrogens (tertiary/aromatic N) is 3. The summed E-state index contributed by atoms with van der Waals surface area (Å²) in [5.74, 6) is 0.529. The van der Waals surface area contributed by atoms with E-state index in [1.165, 1.54) is 16.8 Å². The van der Waals surface area contributed by atoms with Crippen molar-refractivity contribution in [3.8, 4) is 11.5 Å². The van der Waals surface area contributed by atoms with Crippen molar-refractivity contribution in [2.45, 2.75) is 20.4 Å². The van der Waals surface area contributed by atoms with Crippen LogP contribution in [0.25, 0.3) is 11.5 Å². The summed E-state index contributed by atoms with van der Waals surface area (Å²) < 4.78 is 5.22. The Kier molecular flexibility index (Phi) is 3.47. The Labute approximate surface area is 120 Å². The third-order valence-electron chi connectivity index (χ3n) is 2.97. The molecule has 0 saturated carbocycles. The van der Waals surface area contributed by atoms with Crippen LogP contribution in [0.3, 0.4) is 0 Å². The molecule has 0 fully saturated rings. The van der Waals surface area contributed by atoms with E-state index in [1.807, 2.05) is 31.3 Å². The number of anilines is 1. The summed E-state index contributed by atoms with van der Waals surface area (Å²) in [7, 11) is 0. The molecule has 6 heteroatoms. The zero-order valence-electron chi connectivity index (χ0n) is 11.3. The molecule has 0 saturated heterocycles. The number of aryl methyl sites for hydroxylation is 2. The molecular formula is C14H14N4OS. The van der Waals surface area contributed by atoms with Gasteiger partial charge in [0.25, 0.3) is 0 Å². The molecule has 0 aliphatic rings. The van der Waals surface area contributed by atoms with E-state index >= 15 is 0 Å². The van der Waals surface area contributed by atoms with Gasteiger partial charge in [-0.1, -0.05) is 6.07 Å². The van der Waals surface area contributed by atoms with Crippen molar-refractivity contribution in [3.63, 3.8) is 0 Å². The maximum Gasteiger partial charge on any atom is 0.247 e. The zero-order chi connectivity index (χ0) is 13.9. The highest BCUT2D eigenvalue weighted by atomic mass is 32.1. The fraction of sp³-hybridized carbons (Fsp3) is 0.214. The van der Waals surface area contributed by atoms with E-state index in [2.05, 4.69) is 27.4 Å². The first-order valence-electron chi connectivity index (χ1n) is 6.25. The molecule has 0 atom stereocenters. The summed E-state index contributed by atoms with van der Waals surface area (Å²) in [5, 5.41) is 12.1. The van der Waals surface area contributed by atoms with E-state index in [0.29, 0.717) is 5.89 Å². The van der Waals surface area contributed by atoms with Gasteiger partial charge in [-0.3, -0.25) is 0 Å². The molecule has 1 aromatic carbocycles. The van der Waals surface area contributed by atoms with Gasteiger partial charge >= 0.3 is 0 Å². The van der Waals surface area contributed by atoms with Crippen LogP contribution in [-0.4, -0.2) is 15.2 Å². The number of benzene rings is 1. The van der Waals surface area contributed by atoms with Crippen molar-refractivity contribution in [1.29, 1.82) is 0 Å².